The average Bonchev–Trinajstić information content (AvgIpc) is 2.10. The molecular weight excluding hydrogens is 188 g/mol. The fraction of sp³-hybridized carbons (Fsp3) is 0.500. The molecule has 0 rings (SSSR count). The van der Waals surface area contributed by atoms with E-state index in [1.54, 1.807) is 0 Å². The molecule has 0 N–H and O–H groups in total. The molecule has 4 heteroatoms. The number of thiocyanates is 2. The van der Waals surface area contributed by atoms with Crippen LogP contribution in [0.2, 0.25) is 0 Å². The molecule has 0 spiro atoms. The number of nitrogens with zero attached hydrogens (tertiary/aromatic N) is 2. The standard InChI is InChI=1S/C8H10N2S2/c9-7-11-5-3-1-2-4-6-12-8-10/h1-2H,3-6H2/b2-1+. The van der Waals surface area contributed by atoms with Gasteiger partial charge in [-0.2, -0.15) is 10.5 Å². The Morgan fingerprint density at radius 1 is 0.917 bits per heavy atom. The zero-order chi connectivity index (χ0) is 9.07. The summed E-state index contributed by atoms with van der Waals surface area (Å²) in [5, 5.41) is 20.4. The molecule has 0 atom stereocenters. The van der Waals surface area contributed by atoms with Gasteiger partial charge in [0, 0.05) is 11.5 Å². The molecule has 0 amide bonds. The van der Waals surface area contributed by atoms with Crippen molar-refractivity contribution in [2.24, 2.45) is 0 Å². The van der Waals surface area contributed by atoms with Crippen LogP contribution in [0.3, 0.4) is 0 Å². The first-order valence-corrected chi connectivity index (χ1v) is 5.55. The van der Waals surface area contributed by atoms with Crippen LogP contribution in [0.15, 0.2) is 12.2 Å². The van der Waals surface area contributed by atoms with E-state index in [1.165, 1.54) is 23.5 Å². The molecule has 64 valence electrons. The minimum absolute atomic E-state index is 0.860. The van der Waals surface area contributed by atoms with Gasteiger partial charge < -0.3 is 0 Å². The Morgan fingerprint density at radius 3 is 1.67 bits per heavy atom. The Hall–Kier alpha value is -0.580. The molecule has 0 aromatic rings. The highest BCUT2D eigenvalue weighted by molar-refractivity contribution is 8.03. The van der Waals surface area contributed by atoms with E-state index in [0.717, 1.165) is 24.3 Å². The second-order valence-electron chi connectivity index (χ2n) is 1.93. The first-order valence-electron chi connectivity index (χ1n) is 3.58. The second kappa shape index (κ2) is 10.4. The Kier molecular flexibility index (Phi) is 9.92. The summed E-state index contributed by atoms with van der Waals surface area (Å²) in [5.74, 6) is 1.72. The summed E-state index contributed by atoms with van der Waals surface area (Å²) >= 11 is 2.55. The number of hydrogen-bond donors (Lipinski definition) is 0. The van der Waals surface area contributed by atoms with Crippen molar-refractivity contribution in [2.75, 3.05) is 11.5 Å². The SMILES string of the molecule is N#CSCC/C=C/CCSC#N. The predicted molar refractivity (Wildman–Crippen MR) is 54.5 cm³/mol. The number of allylic oxidation sites excluding steroid dienone is 2. The lowest BCUT2D eigenvalue weighted by Crippen LogP contribution is -1.74. The van der Waals surface area contributed by atoms with Gasteiger partial charge >= 0.3 is 0 Å². The van der Waals surface area contributed by atoms with Crippen LogP contribution >= 0.6 is 23.5 Å². The summed E-state index contributed by atoms with van der Waals surface area (Å²) in [6, 6.07) is 0. The average molecular weight is 198 g/mol. The Labute approximate surface area is 81.6 Å². The van der Waals surface area contributed by atoms with Gasteiger partial charge in [0.2, 0.25) is 0 Å². The molecule has 0 heterocycles. The van der Waals surface area contributed by atoms with Crippen molar-refractivity contribution >= 4 is 23.5 Å². The van der Waals surface area contributed by atoms with Gasteiger partial charge in [-0.25, -0.2) is 0 Å². The van der Waals surface area contributed by atoms with Crippen LogP contribution in [-0.2, 0) is 0 Å². The maximum atomic E-state index is 8.19. The summed E-state index contributed by atoms with van der Waals surface area (Å²) in [5.41, 5.74) is 0. The Morgan fingerprint density at radius 2 is 1.33 bits per heavy atom. The Balaban J connectivity index is 3.06. The molecule has 0 aliphatic rings. The first-order chi connectivity index (χ1) is 5.91. The third-order valence-electron chi connectivity index (χ3n) is 1.07. The van der Waals surface area contributed by atoms with E-state index >= 15 is 0 Å². The fourth-order valence-corrected chi connectivity index (χ4v) is 1.27. The molecule has 0 aromatic heterocycles. The van der Waals surface area contributed by atoms with Gasteiger partial charge in [0.1, 0.15) is 10.8 Å². The minimum atomic E-state index is 0.860. The lowest BCUT2D eigenvalue weighted by Gasteiger charge is -1.87. The van der Waals surface area contributed by atoms with E-state index in [9.17, 15) is 0 Å². The van der Waals surface area contributed by atoms with Crippen LogP contribution in [-0.4, -0.2) is 11.5 Å². The summed E-state index contributed by atoms with van der Waals surface area (Å²) in [4.78, 5) is 0. The van der Waals surface area contributed by atoms with Crippen LogP contribution in [0, 0.1) is 21.3 Å². The van der Waals surface area contributed by atoms with E-state index in [4.69, 9.17) is 10.5 Å². The van der Waals surface area contributed by atoms with Gasteiger partial charge in [-0.05, 0) is 36.4 Å². The highest BCUT2D eigenvalue weighted by atomic mass is 32.2. The maximum Gasteiger partial charge on any atom is 0.133 e. The molecule has 0 aliphatic carbocycles. The molecule has 0 saturated carbocycles. The lowest BCUT2D eigenvalue weighted by molar-refractivity contribution is 1.18. The van der Waals surface area contributed by atoms with Gasteiger partial charge in [-0.1, -0.05) is 12.2 Å². The normalized spacial score (nSPS) is 9.50. The van der Waals surface area contributed by atoms with E-state index in [-0.39, 0.29) is 0 Å². The Bertz CT molecular complexity index is 178. The second-order valence-corrected chi connectivity index (χ2v) is 3.69. The topological polar surface area (TPSA) is 47.6 Å². The van der Waals surface area contributed by atoms with Gasteiger partial charge in [0.05, 0.1) is 0 Å². The third-order valence-corrected chi connectivity index (χ3v) is 2.21. The van der Waals surface area contributed by atoms with Crippen LogP contribution in [0.1, 0.15) is 12.8 Å². The molecular formula is C8H10N2S2. The lowest BCUT2D eigenvalue weighted by atomic mass is 10.3. The van der Waals surface area contributed by atoms with Crippen molar-refractivity contribution < 1.29 is 0 Å². The predicted octanol–water partition coefficient (Wildman–Crippen LogP) is 2.75. The molecule has 0 aromatic carbocycles. The number of rotatable bonds is 6. The highest BCUT2D eigenvalue weighted by Gasteiger charge is 1.83. The van der Waals surface area contributed by atoms with Crippen LogP contribution < -0.4 is 0 Å². The van der Waals surface area contributed by atoms with Crippen LogP contribution in [0.4, 0.5) is 0 Å². The first kappa shape index (κ1) is 11.4. The largest absolute Gasteiger partial charge is 0.185 e. The molecule has 0 fully saturated rings. The fourth-order valence-electron chi connectivity index (χ4n) is 0.581. The van der Waals surface area contributed by atoms with Crippen molar-refractivity contribution in [1.82, 2.24) is 0 Å². The van der Waals surface area contributed by atoms with Gasteiger partial charge in [-0.3, -0.25) is 0 Å². The van der Waals surface area contributed by atoms with Crippen molar-refractivity contribution in [3.8, 4) is 10.8 Å². The molecule has 0 saturated heterocycles. The zero-order valence-corrected chi connectivity index (χ0v) is 8.33. The van der Waals surface area contributed by atoms with Gasteiger partial charge in [0.15, 0.2) is 0 Å². The van der Waals surface area contributed by atoms with E-state index in [2.05, 4.69) is 12.2 Å². The van der Waals surface area contributed by atoms with Crippen molar-refractivity contribution in [2.45, 2.75) is 12.8 Å². The molecule has 12 heavy (non-hydrogen) atoms. The quantitative estimate of drug-likeness (QED) is 0.374. The number of nitriles is 2. The van der Waals surface area contributed by atoms with Crippen molar-refractivity contribution in [3.05, 3.63) is 12.2 Å². The smallest absolute Gasteiger partial charge is 0.133 e. The van der Waals surface area contributed by atoms with Crippen molar-refractivity contribution in [1.29, 1.82) is 10.5 Å². The van der Waals surface area contributed by atoms with E-state index < -0.39 is 0 Å². The van der Waals surface area contributed by atoms with Crippen LogP contribution in [0.25, 0.3) is 0 Å². The van der Waals surface area contributed by atoms with Crippen molar-refractivity contribution in [3.63, 3.8) is 0 Å². The van der Waals surface area contributed by atoms with Gasteiger partial charge in [0.25, 0.3) is 0 Å². The molecule has 0 unspecified atom stereocenters. The monoisotopic (exact) mass is 198 g/mol. The maximum absolute atomic E-state index is 8.19. The van der Waals surface area contributed by atoms with Gasteiger partial charge in [-0.15, -0.1) is 0 Å². The molecule has 0 radical (unpaired) electrons. The summed E-state index contributed by atoms with van der Waals surface area (Å²) in [7, 11) is 0. The number of hydrogen-bond acceptors (Lipinski definition) is 4. The summed E-state index contributed by atoms with van der Waals surface area (Å²) in [6.07, 6.45) is 6.00. The zero-order valence-electron chi connectivity index (χ0n) is 6.69. The molecule has 0 bridgehead atoms. The summed E-state index contributed by atoms with van der Waals surface area (Å²) in [6.45, 7) is 0. The van der Waals surface area contributed by atoms with Crippen LogP contribution in [0.5, 0.6) is 0 Å². The van der Waals surface area contributed by atoms with E-state index in [1.807, 2.05) is 10.8 Å². The third kappa shape index (κ3) is 9.42. The summed E-state index contributed by atoms with van der Waals surface area (Å²) < 4.78 is 0. The molecule has 2 nitrogen and oxygen atoms in total. The number of thioether (sulfide) groups is 2. The minimum Gasteiger partial charge on any atom is -0.185 e. The molecule has 0 aliphatic heterocycles. The van der Waals surface area contributed by atoms with E-state index in [0.29, 0.717) is 0 Å². The highest BCUT2D eigenvalue weighted by Crippen LogP contribution is 2.02.